The van der Waals surface area contributed by atoms with Gasteiger partial charge < -0.3 is 5.32 Å². The molecule has 35 heavy (non-hydrogen) atoms. The summed E-state index contributed by atoms with van der Waals surface area (Å²) in [5.41, 5.74) is 3.84. The van der Waals surface area contributed by atoms with Crippen molar-refractivity contribution < 1.29 is 13.6 Å². The summed E-state index contributed by atoms with van der Waals surface area (Å²) in [6.45, 7) is 7.35. The number of benzene rings is 3. The second-order valence-corrected chi connectivity index (χ2v) is 10.2. The van der Waals surface area contributed by atoms with Gasteiger partial charge in [0.15, 0.2) is 0 Å². The Bertz CT molecular complexity index is 1100. The second kappa shape index (κ2) is 11.1. The highest BCUT2D eigenvalue weighted by atomic mass is 19.1. The van der Waals surface area contributed by atoms with Crippen LogP contribution in [-0.2, 0) is 17.9 Å². The van der Waals surface area contributed by atoms with Crippen LogP contribution >= 0.6 is 0 Å². The Kier molecular flexibility index (Phi) is 7.97. The largest absolute Gasteiger partial charge is 0.352 e. The van der Waals surface area contributed by atoms with Crippen LogP contribution < -0.4 is 5.32 Å². The number of hydrogen-bond donors (Lipinski definition) is 1. The van der Waals surface area contributed by atoms with Gasteiger partial charge in [-0.05, 0) is 84.8 Å². The van der Waals surface area contributed by atoms with Crippen molar-refractivity contribution in [2.75, 3.05) is 13.1 Å². The predicted molar refractivity (Wildman–Crippen MR) is 136 cm³/mol. The number of halogens is 2. The summed E-state index contributed by atoms with van der Waals surface area (Å²) in [6.07, 6.45) is 2.52. The van der Waals surface area contributed by atoms with Crippen LogP contribution in [0.2, 0.25) is 0 Å². The maximum absolute atomic E-state index is 13.3. The quantitative estimate of drug-likeness (QED) is 0.398. The predicted octanol–water partition coefficient (Wildman–Crippen LogP) is 6.58. The van der Waals surface area contributed by atoms with Crippen molar-refractivity contribution in [3.8, 4) is 11.1 Å². The number of carbonyl (C=O) groups excluding carboxylic acids is 1. The molecule has 0 spiro atoms. The molecule has 1 heterocycles. The van der Waals surface area contributed by atoms with Gasteiger partial charge in [-0.3, -0.25) is 9.69 Å². The maximum atomic E-state index is 13.3. The molecular weight excluding hydrogens is 442 g/mol. The molecule has 0 saturated carbocycles. The maximum Gasteiger partial charge on any atom is 0.226 e. The fourth-order valence-electron chi connectivity index (χ4n) is 5.12. The van der Waals surface area contributed by atoms with Crippen molar-refractivity contribution in [2.24, 2.45) is 11.3 Å². The van der Waals surface area contributed by atoms with Crippen molar-refractivity contribution in [2.45, 2.75) is 46.2 Å². The summed E-state index contributed by atoms with van der Waals surface area (Å²) in [6, 6.07) is 21.3. The topological polar surface area (TPSA) is 32.3 Å². The lowest BCUT2D eigenvalue weighted by atomic mass is 9.72. The van der Waals surface area contributed by atoms with Crippen LogP contribution in [0.3, 0.4) is 0 Å². The first-order valence-electron chi connectivity index (χ1n) is 12.4. The summed E-state index contributed by atoms with van der Waals surface area (Å²) < 4.78 is 26.4. The van der Waals surface area contributed by atoms with E-state index in [2.05, 4.69) is 48.3 Å². The average Bonchev–Trinajstić information content (AvgIpc) is 2.85. The molecule has 3 nitrogen and oxygen atoms in total. The fourth-order valence-corrected chi connectivity index (χ4v) is 5.12. The Labute approximate surface area is 207 Å². The van der Waals surface area contributed by atoms with Crippen LogP contribution in [0.5, 0.6) is 0 Å². The minimum absolute atomic E-state index is 0.110. The van der Waals surface area contributed by atoms with E-state index in [1.54, 1.807) is 24.3 Å². The Morgan fingerprint density at radius 1 is 0.829 bits per heavy atom. The van der Waals surface area contributed by atoms with Crippen molar-refractivity contribution in [3.05, 3.63) is 95.6 Å². The lowest BCUT2D eigenvalue weighted by Gasteiger charge is -2.41. The Morgan fingerprint density at radius 3 is 1.86 bits per heavy atom. The minimum Gasteiger partial charge on any atom is -0.352 e. The molecule has 184 valence electrons. The molecule has 0 unspecified atom stereocenters. The van der Waals surface area contributed by atoms with Gasteiger partial charge in [0, 0.05) is 13.1 Å². The summed E-state index contributed by atoms with van der Waals surface area (Å²) in [4.78, 5) is 15.7. The number of hydrogen-bond acceptors (Lipinski definition) is 2. The minimum atomic E-state index is -0.364. The van der Waals surface area contributed by atoms with Gasteiger partial charge in [-0.25, -0.2) is 8.78 Å². The van der Waals surface area contributed by atoms with Crippen molar-refractivity contribution >= 4 is 5.91 Å². The van der Waals surface area contributed by atoms with Gasteiger partial charge in [-0.2, -0.15) is 0 Å². The zero-order valence-corrected chi connectivity index (χ0v) is 20.6. The van der Waals surface area contributed by atoms with Crippen LogP contribution in [0, 0.1) is 23.0 Å². The Hall–Kier alpha value is -3.05. The van der Waals surface area contributed by atoms with E-state index in [1.807, 2.05) is 0 Å². The number of amides is 1. The molecule has 4 rings (SSSR count). The van der Waals surface area contributed by atoms with E-state index in [1.165, 1.54) is 29.8 Å². The number of nitrogens with one attached hydrogen (secondary N) is 1. The molecule has 0 bridgehead atoms. The van der Waals surface area contributed by atoms with Gasteiger partial charge in [0.1, 0.15) is 11.6 Å². The van der Waals surface area contributed by atoms with Gasteiger partial charge in [-0.15, -0.1) is 0 Å². The molecule has 1 aliphatic heterocycles. The smallest absolute Gasteiger partial charge is 0.226 e. The Morgan fingerprint density at radius 2 is 1.31 bits per heavy atom. The number of rotatable bonds is 8. The van der Waals surface area contributed by atoms with E-state index in [-0.39, 0.29) is 23.0 Å². The molecule has 1 amide bonds. The molecule has 1 aliphatic rings. The highest BCUT2D eigenvalue weighted by Gasteiger charge is 2.41. The standard InChI is InChI=1S/C30H34F2N2O/c1-22(2)19-30(29(35)33-20-23-5-11-27(31)12-6-23)15-17-34(18-16-30)21-24-3-7-25(8-4-24)26-9-13-28(32)14-10-26/h3-14,22H,15-21H2,1-2H3,(H,33,35). The van der Waals surface area contributed by atoms with Gasteiger partial charge in [0.05, 0.1) is 5.41 Å². The van der Waals surface area contributed by atoms with E-state index in [0.717, 1.165) is 55.6 Å². The van der Waals surface area contributed by atoms with Crippen LogP contribution in [0.4, 0.5) is 8.78 Å². The van der Waals surface area contributed by atoms with Crippen molar-refractivity contribution in [1.82, 2.24) is 10.2 Å². The molecule has 3 aromatic rings. The molecule has 0 aromatic heterocycles. The van der Waals surface area contributed by atoms with Crippen molar-refractivity contribution in [1.29, 1.82) is 0 Å². The Balaban J connectivity index is 1.35. The SMILES string of the molecule is CC(C)CC1(C(=O)NCc2ccc(F)cc2)CCN(Cc2ccc(-c3ccc(F)cc3)cc2)CC1. The van der Waals surface area contributed by atoms with Crippen LogP contribution in [-0.4, -0.2) is 23.9 Å². The second-order valence-electron chi connectivity index (χ2n) is 10.2. The third kappa shape index (κ3) is 6.55. The molecule has 0 radical (unpaired) electrons. The molecule has 3 aromatic carbocycles. The zero-order chi connectivity index (χ0) is 24.8. The number of piperidine rings is 1. The highest BCUT2D eigenvalue weighted by molar-refractivity contribution is 5.82. The van der Waals surface area contributed by atoms with Crippen molar-refractivity contribution in [3.63, 3.8) is 0 Å². The first-order valence-corrected chi connectivity index (χ1v) is 12.4. The normalized spacial score (nSPS) is 15.8. The lowest BCUT2D eigenvalue weighted by Crippen LogP contribution is -2.49. The molecular formula is C30H34F2N2O. The first-order chi connectivity index (χ1) is 16.8. The van der Waals surface area contributed by atoms with Crippen LogP contribution in [0.15, 0.2) is 72.8 Å². The van der Waals surface area contributed by atoms with Crippen LogP contribution in [0.25, 0.3) is 11.1 Å². The summed E-state index contributed by atoms with van der Waals surface area (Å²) in [5.74, 6) is 0.0397. The third-order valence-electron chi connectivity index (χ3n) is 7.00. The van der Waals surface area contributed by atoms with Gasteiger partial charge in [0.25, 0.3) is 0 Å². The average molecular weight is 477 g/mol. The number of nitrogens with zero attached hydrogens (tertiary/aromatic N) is 1. The van der Waals surface area contributed by atoms with E-state index < -0.39 is 0 Å². The fraction of sp³-hybridized carbons (Fsp3) is 0.367. The molecule has 1 saturated heterocycles. The number of likely N-dealkylation sites (tertiary alicyclic amines) is 1. The van der Waals surface area contributed by atoms with Gasteiger partial charge >= 0.3 is 0 Å². The summed E-state index contributed by atoms with van der Waals surface area (Å²) in [5, 5.41) is 3.12. The number of carbonyl (C=O) groups is 1. The molecule has 5 heteroatoms. The third-order valence-corrected chi connectivity index (χ3v) is 7.00. The zero-order valence-electron chi connectivity index (χ0n) is 20.6. The highest BCUT2D eigenvalue weighted by Crippen LogP contribution is 2.38. The first kappa shape index (κ1) is 25.1. The molecule has 1 fully saturated rings. The monoisotopic (exact) mass is 476 g/mol. The van der Waals surface area contributed by atoms with Crippen LogP contribution in [0.1, 0.15) is 44.2 Å². The summed E-state index contributed by atoms with van der Waals surface area (Å²) in [7, 11) is 0. The summed E-state index contributed by atoms with van der Waals surface area (Å²) >= 11 is 0. The molecule has 0 atom stereocenters. The van der Waals surface area contributed by atoms with E-state index in [9.17, 15) is 13.6 Å². The van der Waals surface area contributed by atoms with Gasteiger partial charge in [-0.1, -0.05) is 62.4 Å². The molecule has 0 aliphatic carbocycles. The lowest BCUT2D eigenvalue weighted by molar-refractivity contribution is -0.135. The van der Waals surface area contributed by atoms with E-state index >= 15 is 0 Å². The molecule has 1 N–H and O–H groups in total. The van der Waals surface area contributed by atoms with Gasteiger partial charge in [0.2, 0.25) is 5.91 Å². The van der Waals surface area contributed by atoms with E-state index in [0.29, 0.717) is 12.5 Å². The van der Waals surface area contributed by atoms with E-state index in [4.69, 9.17) is 0 Å².